The van der Waals surface area contributed by atoms with Crippen molar-refractivity contribution in [1.82, 2.24) is 20.5 Å². The molecule has 0 spiro atoms. The van der Waals surface area contributed by atoms with Crippen LogP contribution in [0.5, 0.6) is 0 Å². The summed E-state index contributed by atoms with van der Waals surface area (Å²) >= 11 is 0. The summed E-state index contributed by atoms with van der Waals surface area (Å²) in [4.78, 5) is 18.5. The van der Waals surface area contributed by atoms with Crippen LogP contribution in [-0.2, 0) is 0 Å². The lowest BCUT2D eigenvalue weighted by Gasteiger charge is -2.13. The van der Waals surface area contributed by atoms with Gasteiger partial charge in [0.05, 0.1) is 0 Å². The predicted molar refractivity (Wildman–Crippen MR) is 116 cm³/mol. The van der Waals surface area contributed by atoms with Gasteiger partial charge in [-0.2, -0.15) is 0 Å². The molecule has 0 unspecified atom stereocenters. The third-order valence-corrected chi connectivity index (χ3v) is 4.17. The summed E-state index contributed by atoms with van der Waals surface area (Å²) in [5.41, 5.74) is 2.72. The molecule has 150 valence electrons. The molecule has 0 bridgehead atoms. The van der Waals surface area contributed by atoms with Gasteiger partial charge in [0.15, 0.2) is 5.82 Å². The maximum absolute atomic E-state index is 12.3. The van der Waals surface area contributed by atoms with E-state index in [1.54, 1.807) is 12.3 Å². The highest BCUT2D eigenvalue weighted by Crippen LogP contribution is 2.14. The van der Waals surface area contributed by atoms with Crippen molar-refractivity contribution >= 4 is 29.0 Å². The van der Waals surface area contributed by atoms with Crippen LogP contribution >= 0.6 is 0 Å². The summed E-state index contributed by atoms with van der Waals surface area (Å²) in [5, 5.41) is 17.4. The average Bonchev–Trinajstić information content (AvgIpc) is 2.74. The molecule has 3 aromatic rings. The van der Waals surface area contributed by atoms with Crippen molar-refractivity contribution in [2.24, 2.45) is 0 Å². The number of pyridine rings is 1. The van der Waals surface area contributed by atoms with E-state index in [-0.39, 0.29) is 5.91 Å². The number of aryl methyl sites for hydroxylation is 1. The van der Waals surface area contributed by atoms with Crippen LogP contribution in [0.2, 0.25) is 0 Å². The largest absolute Gasteiger partial charge is 0.378 e. The summed E-state index contributed by atoms with van der Waals surface area (Å²) in [7, 11) is 3.89. The average molecular weight is 391 g/mol. The third-order valence-electron chi connectivity index (χ3n) is 4.17. The van der Waals surface area contributed by atoms with Gasteiger partial charge in [-0.05, 0) is 48.9 Å². The zero-order chi connectivity index (χ0) is 20.6. The van der Waals surface area contributed by atoms with Crippen LogP contribution in [-0.4, -0.2) is 48.3 Å². The summed E-state index contributed by atoms with van der Waals surface area (Å²) in [6.07, 6.45) is 1.79. The highest BCUT2D eigenvalue weighted by molar-refractivity contribution is 5.95. The van der Waals surface area contributed by atoms with Crippen LogP contribution in [0.1, 0.15) is 15.9 Å². The van der Waals surface area contributed by atoms with Crippen LogP contribution in [0.25, 0.3) is 0 Å². The Kier molecular flexibility index (Phi) is 6.57. The molecule has 0 fully saturated rings. The molecule has 3 N–H and O–H groups in total. The van der Waals surface area contributed by atoms with E-state index in [0.29, 0.717) is 36.1 Å². The van der Waals surface area contributed by atoms with Crippen LogP contribution < -0.4 is 20.9 Å². The third kappa shape index (κ3) is 5.90. The van der Waals surface area contributed by atoms with Gasteiger partial charge in [-0.15, -0.1) is 10.2 Å². The number of benzene rings is 1. The summed E-state index contributed by atoms with van der Waals surface area (Å²) in [5.74, 6) is 1.86. The number of amides is 1. The second kappa shape index (κ2) is 9.50. The SMILES string of the molecule is Cc1ccc(Nc2ccc(NCCNC(=O)c3cccc(N(C)C)c3)nn2)nc1. The number of carbonyl (C=O) groups excluding carboxylic acids is 1. The van der Waals surface area contributed by atoms with Gasteiger partial charge in [-0.3, -0.25) is 4.79 Å². The Balaban J connectivity index is 1.44. The Morgan fingerprint density at radius 1 is 0.966 bits per heavy atom. The minimum Gasteiger partial charge on any atom is -0.378 e. The first-order chi connectivity index (χ1) is 14.0. The van der Waals surface area contributed by atoms with Gasteiger partial charge < -0.3 is 20.9 Å². The minimum atomic E-state index is -0.105. The van der Waals surface area contributed by atoms with E-state index in [2.05, 4.69) is 31.1 Å². The standard InChI is InChI=1S/C21H25N7O/c1-15-7-8-18(24-14-15)25-20-10-9-19(26-27-20)22-11-12-23-21(29)16-5-4-6-17(13-16)28(2)3/h4-10,13-14H,11-12H2,1-3H3,(H,22,26)(H,23,29)(H,24,25,27). The molecular formula is C21H25N7O. The minimum absolute atomic E-state index is 0.105. The lowest BCUT2D eigenvalue weighted by atomic mass is 10.2. The first-order valence-corrected chi connectivity index (χ1v) is 9.34. The molecule has 29 heavy (non-hydrogen) atoms. The fourth-order valence-electron chi connectivity index (χ4n) is 2.56. The number of hydrogen-bond acceptors (Lipinski definition) is 7. The number of hydrogen-bond donors (Lipinski definition) is 3. The molecule has 8 heteroatoms. The zero-order valence-corrected chi connectivity index (χ0v) is 16.8. The number of nitrogens with zero attached hydrogens (tertiary/aromatic N) is 4. The van der Waals surface area contributed by atoms with E-state index in [4.69, 9.17) is 0 Å². The predicted octanol–water partition coefficient (Wildman–Crippen LogP) is 2.83. The maximum Gasteiger partial charge on any atom is 0.251 e. The molecule has 1 aromatic carbocycles. The molecule has 0 aliphatic heterocycles. The molecular weight excluding hydrogens is 366 g/mol. The van der Waals surface area contributed by atoms with E-state index < -0.39 is 0 Å². The van der Waals surface area contributed by atoms with E-state index in [9.17, 15) is 4.79 Å². The van der Waals surface area contributed by atoms with Crippen LogP contribution in [0.3, 0.4) is 0 Å². The Bertz CT molecular complexity index is 940. The number of nitrogens with one attached hydrogen (secondary N) is 3. The first-order valence-electron chi connectivity index (χ1n) is 9.34. The van der Waals surface area contributed by atoms with Gasteiger partial charge in [-0.1, -0.05) is 12.1 Å². The number of aromatic nitrogens is 3. The zero-order valence-electron chi connectivity index (χ0n) is 16.8. The highest BCUT2D eigenvalue weighted by atomic mass is 16.1. The van der Waals surface area contributed by atoms with Gasteiger partial charge in [0.25, 0.3) is 5.91 Å². The molecule has 0 atom stereocenters. The number of carbonyl (C=O) groups is 1. The molecule has 2 aromatic heterocycles. The Hall–Kier alpha value is -3.68. The number of anilines is 4. The molecule has 0 saturated heterocycles. The van der Waals surface area contributed by atoms with Gasteiger partial charge in [0.2, 0.25) is 0 Å². The highest BCUT2D eigenvalue weighted by Gasteiger charge is 2.06. The van der Waals surface area contributed by atoms with Gasteiger partial charge in [0.1, 0.15) is 11.6 Å². The van der Waals surface area contributed by atoms with E-state index in [0.717, 1.165) is 11.3 Å². The monoisotopic (exact) mass is 391 g/mol. The maximum atomic E-state index is 12.3. The molecule has 2 heterocycles. The van der Waals surface area contributed by atoms with E-state index in [1.165, 1.54) is 0 Å². The van der Waals surface area contributed by atoms with E-state index in [1.807, 2.05) is 68.4 Å². The smallest absolute Gasteiger partial charge is 0.251 e. The van der Waals surface area contributed by atoms with Crippen LogP contribution in [0.4, 0.5) is 23.1 Å². The molecule has 0 radical (unpaired) electrons. The Morgan fingerprint density at radius 2 is 1.72 bits per heavy atom. The summed E-state index contributed by atoms with van der Waals surface area (Å²) < 4.78 is 0. The second-order valence-electron chi connectivity index (χ2n) is 6.78. The van der Waals surface area contributed by atoms with E-state index >= 15 is 0 Å². The topological polar surface area (TPSA) is 95.1 Å². The second-order valence-corrected chi connectivity index (χ2v) is 6.78. The van der Waals surface area contributed by atoms with Crippen molar-refractivity contribution in [1.29, 1.82) is 0 Å². The van der Waals surface area contributed by atoms with Crippen LogP contribution in [0, 0.1) is 6.92 Å². The molecule has 0 saturated carbocycles. The first kappa shape index (κ1) is 20.1. The Labute approximate surface area is 170 Å². The van der Waals surface area contributed by atoms with Crippen molar-refractivity contribution < 1.29 is 4.79 Å². The Morgan fingerprint density at radius 3 is 2.41 bits per heavy atom. The fraction of sp³-hybridized carbons (Fsp3) is 0.238. The normalized spacial score (nSPS) is 10.3. The van der Waals surface area contributed by atoms with Crippen molar-refractivity contribution in [3.63, 3.8) is 0 Å². The molecule has 0 aliphatic rings. The van der Waals surface area contributed by atoms with Gasteiger partial charge >= 0.3 is 0 Å². The number of rotatable bonds is 8. The molecule has 1 amide bonds. The quantitative estimate of drug-likeness (QED) is 0.508. The molecule has 0 aliphatic carbocycles. The lowest BCUT2D eigenvalue weighted by Crippen LogP contribution is -2.29. The van der Waals surface area contributed by atoms with Crippen molar-refractivity contribution in [2.75, 3.05) is 42.7 Å². The summed E-state index contributed by atoms with van der Waals surface area (Å²) in [6, 6.07) is 15.0. The molecule has 8 nitrogen and oxygen atoms in total. The van der Waals surface area contributed by atoms with Crippen LogP contribution in [0.15, 0.2) is 54.7 Å². The fourth-order valence-corrected chi connectivity index (χ4v) is 2.56. The summed E-state index contributed by atoms with van der Waals surface area (Å²) in [6.45, 7) is 3.00. The van der Waals surface area contributed by atoms with Crippen molar-refractivity contribution in [3.05, 3.63) is 65.9 Å². The van der Waals surface area contributed by atoms with Crippen molar-refractivity contribution in [2.45, 2.75) is 6.92 Å². The van der Waals surface area contributed by atoms with Crippen molar-refractivity contribution in [3.8, 4) is 0 Å². The van der Waals surface area contributed by atoms with Gasteiger partial charge in [0, 0.05) is 44.6 Å². The van der Waals surface area contributed by atoms with Gasteiger partial charge in [-0.25, -0.2) is 4.98 Å². The molecule has 3 rings (SSSR count). The lowest BCUT2D eigenvalue weighted by molar-refractivity contribution is 0.0955.